The van der Waals surface area contributed by atoms with Gasteiger partial charge in [0.1, 0.15) is 11.9 Å². The Hall–Kier alpha value is -1.79. The first kappa shape index (κ1) is 17.6. The molecule has 1 atom stereocenters. The zero-order valence-corrected chi connectivity index (χ0v) is 12.8. The predicted octanol–water partition coefficient (Wildman–Crippen LogP) is 5.14. The van der Waals surface area contributed by atoms with E-state index in [4.69, 9.17) is 4.74 Å². The minimum atomic E-state index is -4.80. The summed E-state index contributed by atoms with van der Waals surface area (Å²) in [7, 11) is 0. The number of ether oxygens (including phenoxy) is 1. The molecule has 1 aliphatic rings. The smallest absolute Gasteiger partial charge is 0.419 e. The van der Waals surface area contributed by atoms with Gasteiger partial charge in [-0.2, -0.15) is 13.2 Å². The van der Waals surface area contributed by atoms with Crippen LogP contribution in [-0.4, -0.2) is 18.7 Å². The molecule has 7 heteroatoms. The second kappa shape index (κ2) is 7.19. The van der Waals surface area contributed by atoms with Crippen LogP contribution in [0.3, 0.4) is 0 Å². The summed E-state index contributed by atoms with van der Waals surface area (Å²) in [5, 5.41) is 0. The van der Waals surface area contributed by atoms with Crippen molar-refractivity contribution in [2.45, 2.75) is 51.3 Å². The quantitative estimate of drug-likeness (QED) is 0.533. The number of alkyl halides is 3. The summed E-state index contributed by atoms with van der Waals surface area (Å²) in [6, 6.07) is 2.53. The maximum absolute atomic E-state index is 13.3. The number of nitrogens with zero attached hydrogens (tertiary/aromatic N) is 1. The van der Waals surface area contributed by atoms with Crippen molar-refractivity contribution in [2.75, 3.05) is 11.4 Å². The molecular formula is C16H19F4NO2. The summed E-state index contributed by atoms with van der Waals surface area (Å²) in [5.41, 5.74) is -1.38. The maximum atomic E-state index is 13.3. The molecule has 0 saturated carbocycles. The zero-order valence-electron chi connectivity index (χ0n) is 12.8. The Kier molecular flexibility index (Phi) is 5.49. The van der Waals surface area contributed by atoms with Gasteiger partial charge in [-0.3, -0.25) is 4.90 Å². The molecule has 3 nitrogen and oxygen atoms in total. The lowest BCUT2D eigenvalue weighted by atomic mass is 10.1. The highest BCUT2D eigenvalue weighted by Crippen LogP contribution is 2.35. The van der Waals surface area contributed by atoms with Crippen LogP contribution in [0.2, 0.25) is 0 Å². The highest BCUT2D eigenvalue weighted by atomic mass is 19.4. The number of hydrogen-bond acceptors (Lipinski definition) is 2. The maximum Gasteiger partial charge on any atom is 0.419 e. The second-order valence-corrected chi connectivity index (χ2v) is 5.63. The molecule has 0 aromatic heterocycles. The predicted molar refractivity (Wildman–Crippen MR) is 77.8 cm³/mol. The second-order valence-electron chi connectivity index (χ2n) is 5.63. The topological polar surface area (TPSA) is 29.5 Å². The summed E-state index contributed by atoms with van der Waals surface area (Å²) in [6.07, 6.45) is -1.04. The Labute approximate surface area is 132 Å². The molecule has 0 radical (unpaired) electrons. The molecule has 0 bridgehead atoms. The third kappa shape index (κ3) is 4.36. The average molecular weight is 333 g/mol. The van der Waals surface area contributed by atoms with Crippen molar-refractivity contribution in [1.29, 1.82) is 0 Å². The van der Waals surface area contributed by atoms with E-state index < -0.39 is 23.7 Å². The van der Waals surface area contributed by atoms with Crippen LogP contribution >= 0.6 is 0 Å². The first-order valence-electron chi connectivity index (χ1n) is 7.67. The number of anilines is 1. The van der Waals surface area contributed by atoms with Gasteiger partial charge in [0, 0.05) is 5.69 Å². The van der Waals surface area contributed by atoms with Crippen LogP contribution in [0.15, 0.2) is 18.2 Å². The Morgan fingerprint density at radius 3 is 2.65 bits per heavy atom. The minimum Gasteiger partial charge on any atom is -0.444 e. The van der Waals surface area contributed by atoms with Gasteiger partial charge in [0.2, 0.25) is 0 Å². The van der Waals surface area contributed by atoms with Gasteiger partial charge in [0.25, 0.3) is 0 Å². The molecular weight excluding hydrogens is 314 g/mol. The minimum absolute atomic E-state index is 0.000201. The lowest BCUT2D eigenvalue weighted by molar-refractivity contribution is -0.139. The monoisotopic (exact) mass is 333 g/mol. The Balaban J connectivity index is 2.06. The summed E-state index contributed by atoms with van der Waals surface area (Å²) in [5.74, 6) is -1.36. The van der Waals surface area contributed by atoms with E-state index in [1.165, 1.54) is 0 Å². The molecule has 2 rings (SSSR count). The van der Waals surface area contributed by atoms with E-state index in [0.717, 1.165) is 42.7 Å². The van der Waals surface area contributed by atoms with E-state index in [2.05, 4.69) is 6.92 Å². The molecule has 1 unspecified atom stereocenters. The van der Waals surface area contributed by atoms with Gasteiger partial charge in [-0.1, -0.05) is 26.2 Å². The fourth-order valence-corrected chi connectivity index (χ4v) is 2.58. The zero-order chi connectivity index (χ0) is 17.0. The third-order valence-corrected chi connectivity index (χ3v) is 3.82. The van der Waals surface area contributed by atoms with Crippen molar-refractivity contribution in [3.8, 4) is 0 Å². The SMILES string of the molecule is CCCCCCC1CN(c2ccc(F)c(C(F)(F)F)c2)C(=O)O1. The van der Waals surface area contributed by atoms with Gasteiger partial charge in [0.05, 0.1) is 12.1 Å². The number of cyclic esters (lactones) is 1. The van der Waals surface area contributed by atoms with Crippen molar-refractivity contribution in [1.82, 2.24) is 0 Å². The van der Waals surface area contributed by atoms with Crippen LogP contribution in [0.4, 0.5) is 28.0 Å². The Morgan fingerprint density at radius 1 is 1.26 bits per heavy atom. The van der Waals surface area contributed by atoms with Gasteiger partial charge in [0.15, 0.2) is 0 Å². The van der Waals surface area contributed by atoms with Crippen LogP contribution in [0, 0.1) is 5.82 Å². The molecule has 23 heavy (non-hydrogen) atoms. The van der Waals surface area contributed by atoms with Gasteiger partial charge in [-0.05, 0) is 31.0 Å². The first-order chi connectivity index (χ1) is 10.8. The molecule has 0 spiro atoms. The first-order valence-corrected chi connectivity index (χ1v) is 7.67. The Morgan fingerprint density at radius 2 is 2.00 bits per heavy atom. The van der Waals surface area contributed by atoms with Crippen molar-refractivity contribution in [3.63, 3.8) is 0 Å². The molecule has 1 saturated heterocycles. The number of unbranched alkanes of at least 4 members (excludes halogenated alkanes) is 3. The number of carbonyl (C=O) groups is 1. The molecule has 1 amide bonds. The normalized spacial score (nSPS) is 18.4. The highest BCUT2D eigenvalue weighted by Gasteiger charge is 2.37. The molecule has 1 heterocycles. The molecule has 1 aromatic rings. The van der Waals surface area contributed by atoms with E-state index in [-0.39, 0.29) is 18.3 Å². The molecule has 1 aromatic carbocycles. The van der Waals surface area contributed by atoms with Crippen molar-refractivity contribution >= 4 is 11.8 Å². The van der Waals surface area contributed by atoms with Crippen molar-refractivity contribution in [3.05, 3.63) is 29.6 Å². The van der Waals surface area contributed by atoms with E-state index in [0.29, 0.717) is 12.5 Å². The molecule has 0 aliphatic carbocycles. The largest absolute Gasteiger partial charge is 0.444 e. The standard InChI is InChI=1S/C16H19F4NO2/c1-2-3-4-5-6-12-10-21(15(22)23-12)11-7-8-14(17)13(9-11)16(18,19)20/h7-9,12H,2-6,10H2,1H3. The van der Waals surface area contributed by atoms with E-state index >= 15 is 0 Å². The fourth-order valence-electron chi connectivity index (χ4n) is 2.58. The third-order valence-electron chi connectivity index (χ3n) is 3.82. The van der Waals surface area contributed by atoms with Crippen LogP contribution in [-0.2, 0) is 10.9 Å². The van der Waals surface area contributed by atoms with Crippen LogP contribution in [0.1, 0.15) is 44.6 Å². The van der Waals surface area contributed by atoms with Crippen molar-refractivity contribution < 1.29 is 27.1 Å². The summed E-state index contributed by atoms with van der Waals surface area (Å²) in [6.45, 7) is 2.28. The highest BCUT2D eigenvalue weighted by molar-refractivity contribution is 5.89. The van der Waals surface area contributed by atoms with E-state index in [1.54, 1.807) is 0 Å². The van der Waals surface area contributed by atoms with Gasteiger partial charge < -0.3 is 4.74 Å². The van der Waals surface area contributed by atoms with Gasteiger partial charge in [-0.25, -0.2) is 9.18 Å². The van der Waals surface area contributed by atoms with E-state index in [1.807, 2.05) is 0 Å². The van der Waals surface area contributed by atoms with Gasteiger partial charge in [-0.15, -0.1) is 0 Å². The Bertz CT molecular complexity index is 560. The number of amides is 1. The number of benzene rings is 1. The molecule has 1 aliphatic heterocycles. The average Bonchev–Trinajstić information content (AvgIpc) is 2.84. The number of halogens is 4. The lowest BCUT2D eigenvalue weighted by Gasteiger charge is -2.16. The summed E-state index contributed by atoms with van der Waals surface area (Å²) in [4.78, 5) is 13.0. The summed E-state index contributed by atoms with van der Waals surface area (Å²) >= 11 is 0. The molecule has 1 fully saturated rings. The van der Waals surface area contributed by atoms with Gasteiger partial charge >= 0.3 is 12.3 Å². The lowest BCUT2D eigenvalue weighted by Crippen LogP contribution is -2.25. The van der Waals surface area contributed by atoms with Crippen LogP contribution < -0.4 is 4.90 Å². The summed E-state index contributed by atoms with van der Waals surface area (Å²) < 4.78 is 56.7. The van der Waals surface area contributed by atoms with Crippen molar-refractivity contribution in [2.24, 2.45) is 0 Å². The molecule has 128 valence electrons. The van der Waals surface area contributed by atoms with E-state index in [9.17, 15) is 22.4 Å². The number of hydrogen-bond donors (Lipinski definition) is 0. The number of rotatable bonds is 6. The van der Waals surface area contributed by atoms with Crippen LogP contribution in [0.5, 0.6) is 0 Å². The molecule has 0 N–H and O–H groups in total. The van der Waals surface area contributed by atoms with Crippen LogP contribution in [0.25, 0.3) is 0 Å². The number of carbonyl (C=O) groups excluding carboxylic acids is 1. The fraction of sp³-hybridized carbons (Fsp3) is 0.562.